The molecule has 1 saturated carbocycles. The molecule has 0 N–H and O–H groups in total. The number of imidazole rings is 1. The summed E-state index contributed by atoms with van der Waals surface area (Å²) in [5.74, 6) is 0.995. The Balaban J connectivity index is 1.47. The number of rotatable bonds is 5. The van der Waals surface area contributed by atoms with E-state index in [2.05, 4.69) is 26.9 Å². The average molecular weight is 420 g/mol. The first-order chi connectivity index (χ1) is 15.1. The van der Waals surface area contributed by atoms with Gasteiger partial charge in [0.1, 0.15) is 17.5 Å². The van der Waals surface area contributed by atoms with Crippen LogP contribution in [0.15, 0.2) is 39.9 Å². The molecule has 2 fully saturated rings. The number of hydrogen-bond donors (Lipinski definition) is 0. The Morgan fingerprint density at radius 2 is 1.87 bits per heavy atom. The summed E-state index contributed by atoms with van der Waals surface area (Å²) in [6, 6.07) is 7.91. The van der Waals surface area contributed by atoms with E-state index < -0.39 is 0 Å². The number of nitrogens with zero attached hydrogens (tertiary/aromatic N) is 6. The molecule has 9 heteroatoms. The van der Waals surface area contributed by atoms with Crippen molar-refractivity contribution in [2.75, 3.05) is 32.8 Å². The molecule has 0 radical (unpaired) electrons. The zero-order chi connectivity index (χ0) is 21.0. The van der Waals surface area contributed by atoms with Crippen LogP contribution in [-0.2, 0) is 16.7 Å². The van der Waals surface area contributed by atoms with Crippen LogP contribution in [0, 0.1) is 0 Å². The third-order valence-corrected chi connectivity index (χ3v) is 6.54. The van der Waals surface area contributed by atoms with E-state index in [1.807, 2.05) is 33.2 Å². The van der Waals surface area contributed by atoms with E-state index in [1.165, 1.54) is 0 Å². The highest BCUT2D eigenvalue weighted by atomic mass is 16.5. The van der Waals surface area contributed by atoms with Gasteiger partial charge >= 0.3 is 0 Å². The maximum atomic E-state index is 13.7. The molecule has 4 aromatic rings. The molecule has 0 amide bonds. The topological polar surface area (TPSA) is 90.7 Å². The average Bonchev–Trinajstić information content (AvgIpc) is 3.20. The van der Waals surface area contributed by atoms with Crippen molar-refractivity contribution in [3.05, 3.63) is 46.8 Å². The van der Waals surface area contributed by atoms with Gasteiger partial charge in [-0.15, -0.1) is 0 Å². The Kier molecular flexibility index (Phi) is 4.22. The van der Waals surface area contributed by atoms with Crippen molar-refractivity contribution in [1.82, 2.24) is 29.0 Å². The molecular formula is C22H24N6O3. The molecule has 1 aromatic carbocycles. The maximum Gasteiger partial charge on any atom is 0.277 e. The number of fused-ring (bicyclic) bond motifs is 3. The van der Waals surface area contributed by atoms with Crippen LogP contribution in [-0.4, -0.2) is 61.8 Å². The van der Waals surface area contributed by atoms with Crippen LogP contribution in [0.2, 0.25) is 0 Å². The molecule has 1 aliphatic heterocycles. The van der Waals surface area contributed by atoms with Crippen molar-refractivity contribution in [2.24, 2.45) is 0 Å². The molecule has 0 unspecified atom stereocenters. The lowest BCUT2D eigenvalue weighted by Crippen LogP contribution is -2.39. The molecule has 3 aromatic heterocycles. The monoisotopic (exact) mass is 420 g/mol. The molecule has 1 aliphatic carbocycles. The molecular weight excluding hydrogens is 396 g/mol. The Labute approximate surface area is 178 Å². The van der Waals surface area contributed by atoms with E-state index in [1.54, 1.807) is 6.33 Å². The van der Waals surface area contributed by atoms with E-state index in [9.17, 15) is 4.79 Å². The molecule has 4 heterocycles. The highest BCUT2D eigenvalue weighted by Crippen LogP contribution is 2.47. The summed E-state index contributed by atoms with van der Waals surface area (Å²) in [6.07, 6.45) is 3.75. The fraction of sp³-hybridized carbons (Fsp3) is 0.455. The van der Waals surface area contributed by atoms with E-state index in [0.717, 1.165) is 56.7 Å². The fourth-order valence-electron chi connectivity index (χ4n) is 4.29. The van der Waals surface area contributed by atoms with Crippen molar-refractivity contribution in [3.8, 4) is 11.5 Å². The Morgan fingerprint density at radius 3 is 2.65 bits per heavy atom. The number of morpholine rings is 1. The van der Waals surface area contributed by atoms with Gasteiger partial charge < -0.3 is 13.8 Å². The standard InChI is InChI=1S/C22H24N6O3/c1-22(6-7-22)21-24-19(25-31-21)17-18-20(29)27(9-8-26-10-12-30-13-11-26)15-4-2-3-5-16(15)28(18)14-23-17/h2-5,14H,6-13H2,1H3. The lowest BCUT2D eigenvalue weighted by atomic mass is 10.1. The first-order valence-corrected chi connectivity index (χ1v) is 10.8. The molecule has 31 heavy (non-hydrogen) atoms. The third-order valence-electron chi connectivity index (χ3n) is 6.54. The molecule has 0 atom stereocenters. The van der Waals surface area contributed by atoms with Gasteiger partial charge in [-0.05, 0) is 25.0 Å². The smallest absolute Gasteiger partial charge is 0.277 e. The number of ether oxygens (including phenoxy) is 1. The highest BCUT2D eigenvalue weighted by Gasteiger charge is 2.44. The Morgan fingerprint density at radius 1 is 1.10 bits per heavy atom. The van der Waals surface area contributed by atoms with Crippen LogP contribution in [0.4, 0.5) is 0 Å². The quantitative estimate of drug-likeness (QED) is 0.488. The number of aromatic nitrogens is 5. The number of para-hydroxylation sites is 2. The largest absolute Gasteiger partial charge is 0.379 e. The first kappa shape index (κ1) is 18.7. The van der Waals surface area contributed by atoms with Gasteiger partial charge in [-0.3, -0.25) is 14.1 Å². The van der Waals surface area contributed by atoms with Gasteiger partial charge in [-0.1, -0.05) is 24.2 Å². The second-order valence-corrected chi connectivity index (χ2v) is 8.70. The number of hydrogen-bond acceptors (Lipinski definition) is 7. The third kappa shape index (κ3) is 3.07. The van der Waals surface area contributed by atoms with E-state index >= 15 is 0 Å². The lowest BCUT2D eigenvalue weighted by molar-refractivity contribution is 0.0364. The minimum absolute atomic E-state index is 0.0359. The van der Waals surface area contributed by atoms with Crippen molar-refractivity contribution >= 4 is 16.6 Å². The summed E-state index contributed by atoms with van der Waals surface area (Å²) < 4.78 is 14.6. The van der Waals surface area contributed by atoms with Gasteiger partial charge in [-0.2, -0.15) is 4.98 Å². The van der Waals surface area contributed by atoms with Gasteiger partial charge in [0.15, 0.2) is 0 Å². The zero-order valence-corrected chi connectivity index (χ0v) is 17.5. The van der Waals surface area contributed by atoms with Crippen molar-refractivity contribution in [2.45, 2.75) is 31.7 Å². The van der Waals surface area contributed by atoms with Crippen LogP contribution in [0.25, 0.3) is 28.1 Å². The summed E-state index contributed by atoms with van der Waals surface area (Å²) in [6.45, 7) is 6.74. The van der Waals surface area contributed by atoms with Crippen LogP contribution in [0.1, 0.15) is 25.7 Å². The number of benzene rings is 1. The molecule has 2 aliphatic rings. The summed E-state index contributed by atoms with van der Waals surface area (Å²) in [4.78, 5) is 25.1. The van der Waals surface area contributed by atoms with Crippen LogP contribution in [0.3, 0.4) is 0 Å². The fourth-order valence-corrected chi connectivity index (χ4v) is 4.29. The van der Waals surface area contributed by atoms with Crippen molar-refractivity contribution in [1.29, 1.82) is 0 Å². The molecule has 0 spiro atoms. The Bertz CT molecular complexity index is 1330. The molecule has 0 bridgehead atoms. The van der Waals surface area contributed by atoms with Crippen LogP contribution < -0.4 is 5.56 Å². The second kappa shape index (κ2) is 7.00. The highest BCUT2D eigenvalue weighted by molar-refractivity contribution is 5.83. The molecule has 9 nitrogen and oxygen atoms in total. The van der Waals surface area contributed by atoms with E-state index in [0.29, 0.717) is 29.5 Å². The SMILES string of the molecule is CC1(c2nc(-c3ncn4c3c(=O)n(CCN3CCOCC3)c3ccccc34)no2)CC1. The van der Waals surface area contributed by atoms with Crippen LogP contribution in [0.5, 0.6) is 0 Å². The minimum Gasteiger partial charge on any atom is -0.379 e. The molecule has 6 rings (SSSR count). The van der Waals surface area contributed by atoms with Crippen molar-refractivity contribution < 1.29 is 9.26 Å². The predicted molar refractivity (Wildman–Crippen MR) is 114 cm³/mol. The summed E-state index contributed by atoms with van der Waals surface area (Å²) in [7, 11) is 0. The van der Waals surface area contributed by atoms with Gasteiger partial charge in [-0.25, -0.2) is 4.98 Å². The second-order valence-electron chi connectivity index (χ2n) is 8.70. The first-order valence-electron chi connectivity index (χ1n) is 10.8. The Hall–Kier alpha value is -3.04. The minimum atomic E-state index is -0.0940. The van der Waals surface area contributed by atoms with Gasteiger partial charge in [0, 0.05) is 31.6 Å². The van der Waals surface area contributed by atoms with Gasteiger partial charge in [0.25, 0.3) is 5.56 Å². The van der Waals surface area contributed by atoms with E-state index in [-0.39, 0.29) is 11.0 Å². The summed E-state index contributed by atoms with van der Waals surface area (Å²) in [5.41, 5.74) is 2.63. The molecule has 1 saturated heterocycles. The lowest BCUT2D eigenvalue weighted by Gasteiger charge is -2.27. The summed E-state index contributed by atoms with van der Waals surface area (Å²) >= 11 is 0. The predicted octanol–water partition coefficient (Wildman–Crippen LogP) is 2.08. The summed E-state index contributed by atoms with van der Waals surface area (Å²) in [5, 5.41) is 4.15. The normalized spacial score (nSPS) is 18.7. The van der Waals surface area contributed by atoms with Crippen molar-refractivity contribution in [3.63, 3.8) is 0 Å². The zero-order valence-electron chi connectivity index (χ0n) is 17.5. The van der Waals surface area contributed by atoms with Gasteiger partial charge in [0.2, 0.25) is 11.7 Å². The van der Waals surface area contributed by atoms with E-state index in [4.69, 9.17) is 9.26 Å². The van der Waals surface area contributed by atoms with Crippen LogP contribution >= 0.6 is 0 Å². The van der Waals surface area contributed by atoms with Gasteiger partial charge in [0.05, 0.1) is 24.2 Å². The molecule has 160 valence electrons. The maximum absolute atomic E-state index is 13.7.